The number of halogens is 1. The molecule has 0 spiro atoms. The van der Waals surface area contributed by atoms with E-state index in [2.05, 4.69) is 19.2 Å². The Balaban J connectivity index is 0.00000288. The molecule has 1 heterocycles. The first-order valence-corrected chi connectivity index (χ1v) is 7.79. The van der Waals surface area contributed by atoms with E-state index in [-0.39, 0.29) is 42.2 Å². The summed E-state index contributed by atoms with van der Waals surface area (Å²) in [6, 6.07) is 6.86. The fourth-order valence-corrected chi connectivity index (χ4v) is 2.70. The average Bonchev–Trinajstić information content (AvgIpc) is 2.54. The number of likely N-dealkylation sites (tertiary alicyclic amines) is 1. The van der Waals surface area contributed by atoms with E-state index in [4.69, 9.17) is 10.5 Å². The van der Waals surface area contributed by atoms with Crippen LogP contribution in [-0.4, -0.2) is 49.5 Å². The molecule has 1 aliphatic heterocycles. The second kappa shape index (κ2) is 8.35. The number of nitrogens with zero attached hydrogens (tertiary/aromatic N) is 1. The molecule has 6 nitrogen and oxygen atoms in total. The van der Waals surface area contributed by atoms with Crippen LogP contribution in [0.2, 0.25) is 0 Å². The van der Waals surface area contributed by atoms with Gasteiger partial charge >= 0.3 is 0 Å². The lowest BCUT2D eigenvalue weighted by atomic mass is 9.79. The third kappa shape index (κ3) is 4.85. The molecule has 7 heteroatoms. The molecule has 134 valence electrons. The second-order valence-electron chi connectivity index (χ2n) is 6.61. The fraction of sp³-hybridized carbons (Fsp3) is 0.529. The van der Waals surface area contributed by atoms with E-state index in [1.54, 1.807) is 36.3 Å². The van der Waals surface area contributed by atoms with Crippen molar-refractivity contribution in [1.29, 1.82) is 0 Å². The number of methoxy groups -OCH3 is 1. The normalized spacial score (nSPS) is 19.2. The van der Waals surface area contributed by atoms with E-state index in [9.17, 15) is 9.59 Å². The van der Waals surface area contributed by atoms with Crippen molar-refractivity contribution in [2.45, 2.75) is 26.3 Å². The first-order chi connectivity index (χ1) is 10.8. The van der Waals surface area contributed by atoms with E-state index < -0.39 is 0 Å². The Morgan fingerprint density at radius 3 is 2.50 bits per heavy atom. The molecule has 0 saturated carbocycles. The molecule has 1 fully saturated rings. The summed E-state index contributed by atoms with van der Waals surface area (Å²) in [5.74, 6) is 0.338. The van der Waals surface area contributed by atoms with Crippen LogP contribution in [0.1, 0.15) is 30.6 Å². The highest BCUT2D eigenvalue weighted by Crippen LogP contribution is 2.27. The van der Waals surface area contributed by atoms with Gasteiger partial charge in [-0.25, -0.2) is 0 Å². The molecule has 1 aromatic carbocycles. The van der Waals surface area contributed by atoms with Crippen LogP contribution in [0.15, 0.2) is 24.3 Å². The van der Waals surface area contributed by atoms with Crippen LogP contribution in [0, 0.1) is 5.41 Å². The summed E-state index contributed by atoms with van der Waals surface area (Å²) in [4.78, 5) is 26.1. The van der Waals surface area contributed by atoms with E-state index in [0.29, 0.717) is 24.4 Å². The van der Waals surface area contributed by atoms with Crippen molar-refractivity contribution in [2.75, 3.05) is 26.7 Å². The SMILES string of the molecule is COc1ccc(C(=O)NCC(=O)N2CCC(N)C(C)(C)C2)cc1.Cl. The zero-order valence-electron chi connectivity index (χ0n) is 14.4. The van der Waals surface area contributed by atoms with Gasteiger partial charge in [0.05, 0.1) is 13.7 Å². The maximum absolute atomic E-state index is 12.3. The van der Waals surface area contributed by atoms with Crippen LogP contribution in [0.3, 0.4) is 0 Å². The minimum Gasteiger partial charge on any atom is -0.497 e. The number of ether oxygens (including phenoxy) is 1. The number of carbonyl (C=O) groups is 2. The van der Waals surface area contributed by atoms with Crippen molar-refractivity contribution in [1.82, 2.24) is 10.2 Å². The molecule has 24 heavy (non-hydrogen) atoms. The van der Waals surface area contributed by atoms with Crippen LogP contribution in [0.5, 0.6) is 5.75 Å². The van der Waals surface area contributed by atoms with Crippen LogP contribution in [-0.2, 0) is 4.79 Å². The Bertz CT molecular complexity index is 575. The zero-order chi connectivity index (χ0) is 17.0. The minimum absolute atomic E-state index is 0. The van der Waals surface area contributed by atoms with Crippen molar-refractivity contribution in [3.63, 3.8) is 0 Å². The number of carbonyl (C=O) groups excluding carboxylic acids is 2. The number of nitrogens with one attached hydrogen (secondary N) is 1. The summed E-state index contributed by atoms with van der Waals surface area (Å²) in [5, 5.41) is 2.67. The van der Waals surface area contributed by atoms with Gasteiger partial charge in [0.1, 0.15) is 5.75 Å². The Labute approximate surface area is 149 Å². The lowest BCUT2D eigenvalue weighted by Crippen LogP contribution is -2.55. The molecular weight excluding hydrogens is 330 g/mol. The first kappa shape index (κ1) is 20.3. The maximum atomic E-state index is 12.3. The number of hydrogen-bond donors (Lipinski definition) is 2. The highest BCUT2D eigenvalue weighted by molar-refractivity contribution is 5.96. The third-order valence-electron chi connectivity index (χ3n) is 4.42. The fourth-order valence-electron chi connectivity index (χ4n) is 2.70. The van der Waals surface area contributed by atoms with Gasteiger partial charge in [-0.2, -0.15) is 0 Å². The number of nitrogens with two attached hydrogens (primary N) is 1. The molecule has 1 aliphatic rings. The highest BCUT2D eigenvalue weighted by Gasteiger charge is 2.35. The van der Waals surface area contributed by atoms with Gasteiger partial charge < -0.3 is 20.7 Å². The minimum atomic E-state index is -0.269. The Hall–Kier alpha value is -1.79. The second-order valence-corrected chi connectivity index (χ2v) is 6.61. The summed E-state index contributed by atoms with van der Waals surface area (Å²) in [6.07, 6.45) is 0.783. The van der Waals surface area contributed by atoms with E-state index >= 15 is 0 Å². The smallest absolute Gasteiger partial charge is 0.251 e. The van der Waals surface area contributed by atoms with Gasteiger partial charge in [-0.05, 0) is 36.1 Å². The number of amides is 2. The quantitative estimate of drug-likeness (QED) is 0.855. The van der Waals surface area contributed by atoms with Gasteiger partial charge in [-0.3, -0.25) is 9.59 Å². The maximum Gasteiger partial charge on any atom is 0.251 e. The number of benzene rings is 1. The topological polar surface area (TPSA) is 84.7 Å². The Morgan fingerprint density at radius 1 is 1.33 bits per heavy atom. The van der Waals surface area contributed by atoms with Gasteiger partial charge in [-0.1, -0.05) is 13.8 Å². The van der Waals surface area contributed by atoms with Crippen LogP contribution in [0.4, 0.5) is 0 Å². The molecule has 1 aromatic rings. The van der Waals surface area contributed by atoms with Crippen molar-refractivity contribution in [3.8, 4) is 5.75 Å². The molecule has 0 radical (unpaired) electrons. The lowest BCUT2D eigenvalue weighted by molar-refractivity contribution is -0.133. The summed E-state index contributed by atoms with van der Waals surface area (Å²) in [5.41, 5.74) is 6.48. The Kier molecular flexibility index (Phi) is 7.05. The monoisotopic (exact) mass is 355 g/mol. The van der Waals surface area contributed by atoms with Gasteiger partial charge in [0.2, 0.25) is 5.91 Å². The molecule has 0 aliphatic carbocycles. The summed E-state index contributed by atoms with van der Waals surface area (Å²) in [7, 11) is 1.57. The van der Waals surface area contributed by atoms with Gasteiger partial charge in [-0.15, -0.1) is 12.4 Å². The van der Waals surface area contributed by atoms with Crippen LogP contribution < -0.4 is 15.8 Å². The van der Waals surface area contributed by atoms with Crippen molar-refractivity contribution >= 4 is 24.2 Å². The molecule has 0 bridgehead atoms. The Morgan fingerprint density at radius 2 is 1.96 bits per heavy atom. The summed E-state index contributed by atoms with van der Waals surface area (Å²) < 4.78 is 5.05. The van der Waals surface area contributed by atoms with E-state index in [0.717, 1.165) is 6.42 Å². The molecule has 3 N–H and O–H groups in total. The van der Waals surface area contributed by atoms with E-state index in [1.165, 1.54) is 0 Å². The molecule has 1 saturated heterocycles. The zero-order valence-corrected chi connectivity index (χ0v) is 15.2. The standard InChI is InChI=1S/C17H25N3O3.ClH/c1-17(2)11-20(9-8-14(17)18)15(21)10-19-16(22)12-4-6-13(23-3)7-5-12;/h4-7,14H,8-11,18H2,1-3H3,(H,19,22);1H. The van der Waals surface area contributed by atoms with Crippen molar-refractivity contribution in [2.24, 2.45) is 11.1 Å². The van der Waals surface area contributed by atoms with Gasteiger partial charge in [0.15, 0.2) is 0 Å². The average molecular weight is 356 g/mol. The third-order valence-corrected chi connectivity index (χ3v) is 4.42. The largest absolute Gasteiger partial charge is 0.497 e. The number of rotatable bonds is 4. The first-order valence-electron chi connectivity index (χ1n) is 7.79. The van der Waals surface area contributed by atoms with Crippen molar-refractivity contribution < 1.29 is 14.3 Å². The van der Waals surface area contributed by atoms with Crippen LogP contribution >= 0.6 is 12.4 Å². The predicted molar refractivity (Wildman–Crippen MR) is 95.5 cm³/mol. The van der Waals surface area contributed by atoms with Gasteiger partial charge in [0.25, 0.3) is 5.91 Å². The predicted octanol–water partition coefficient (Wildman–Crippen LogP) is 1.43. The molecular formula is C17H26ClN3O3. The number of piperidine rings is 1. The van der Waals surface area contributed by atoms with Crippen molar-refractivity contribution in [3.05, 3.63) is 29.8 Å². The van der Waals surface area contributed by atoms with Crippen LogP contribution in [0.25, 0.3) is 0 Å². The molecule has 2 amide bonds. The summed E-state index contributed by atoms with van der Waals surface area (Å²) >= 11 is 0. The molecule has 0 aromatic heterocycles. The summed E-state index contributed by atoms with van der Waals surface area (Å²) in [6.45, 7) is 5.38. The van der Waals surface area contributed by atoms with Gasteiger partial charge in [0, 0.05) is 24.7 Å². The lowest BCUT2D eigenvalue weighted by Gasteiger charge is -2.42. The highest BCUT2D eigenvalue weighted by atomic mass is 35.5. The van der Waals surface area contributed by atoms with E-state index in [1.807, 2.05) is 0 Å². The number of hydrogen-bond acceptors (Lipinski definition) is 4. The molecule has 1 atom stereocenters. The molecule has 1 unspecified atom stereocenters. The molecule has 2 rings (SSSR count).